The van der Waals surface area contributed by atoms with Crippen LogP contribution in [0.25, 0.3) is 0 Å². The molecular formula is C14H19ClN4O2. The molecule has 0 aromatic carbocycles. The number of nitrogens with one attached hydrogen (secondary N) is 1. The zero-order valence-corrected chi connectivity index (χ0v) is 12.6. The first kappa shape index (κ1) is 14.5. The van der Waals surface area contributed by atoms with Gasteiger partial charge in [0.15, 0.2) is 0 Å². The van der Waals surface area contributed by atoms with Crippen LogP contribution in [0.4, 0.5) is 11.5 Å². The van der Waals surface area contributed by atoms with Crippen LogP contribution in [0.1, 0.15) is 25.7 Å². The molecule has 2 fully saturated rings. The third kappa shape index (κ3) is 3.11. The minimum absolute atomic E-state index is 0.0604. The molecule has 7 heteroatoms. The van der Waals surface area contributed by atoms with E-state index in [2.05, 4.69) is 15.2 Å². The average molecular weight is 311 g/mol. The number of anilines is 1. The van der Waals surface area contributed by atoms with Crippen LogP contribution in [0, 0.1) is 16.0 Å². The van der Waals surface area contributed by atoms with Crippen molar-refractivity contribution in [3.05, 3.63) is 27.4 Å². The van der Waals surface area contributed by atoms with Crippen LogP contribution in [0.15, 0.2) is 12.3 Å². The first-order valence-electron chi connectivity index (χ1n) is 7.43. The topological polar surface area (TPSA) is 71.3 Å². The van der Waals surface area contributed by atoms with Gasteiger partial charge in [0.25, 0.3) is 5.69 Å². The van der Waals surface area contributed by atoms with Gasteiger partial charge in [0.1, 0.15) is 12.0 Å². The lowest BCUT2D eigenvalue weighted by molar-refractivity contribution is -0.385. The molecule has 3 rings (SSSR count). The van der Waals surface area contributed by atoms with Crippen LogP contribution < -0.4 is 10.2 Å². The summed E-state index contributed by atoms with van der Waals surface area (Å²) in [5.74, 6) is 1.28. The second-order valence-corrected chi connectivity index (χ2v) is 6.21. The molecule has 0 spiro atoms. The predicted molar refractivity (Wildman–Crippen MR) is 81.9 cm³/mol. The van der Waals surface area contributed by atoms with E-state index in [1.807, 2.05) is 0 Å². The molecule has 0 saturated carbocycles. The summed E-state index contributed by atoms with van der Waals surface area (Å²) in [6.45, 7) is 2.94. The fourth-order valence-corrected chi connectivity index (χ4v) is 3.68. The summed E-state index contributed by atoms with van der Waals surface area (Å²) in [7, 11) is 0. The van der Waals surface area contributed by atoms with E-state index in [-0.39, 0.29) is 5.69 Å². The van der Waals surface area contributed by atoms with Crippen molar-refractivity contribution in [2.24, 2.45) is 5.92 Å². The first-order valence-corrected chi connectivity index (χ1v) is 7.81. The lowest BCUT2D eigenvalue weighted by atomic mass is 9.90. The van der Waals surface area contributed by atoms with Gasteiger partial charge in [-0.05, 0) is 38.1 Å². The van der Waals surface area contributed by atoms with Gasteiger partial charge in [-0.1, -0.05) is 11.6 Å². The number of rotatable bonds is 3. The fourth-order valence-electron chi connectivity index (χ4n) is 3.40. The van der Waals surface area contributed by atoms with Gasteiger partial charge in [-0.15, -0.1) is 0 Å². The summed E-state index contributed by atoms with van der Waals surface area (Å²) in [6.07, 6.45) is 6.10. The quantitative estimate of drug-likeness (QED) is 0.686. The number of nitrogens with zero attached hydrogens (tertiary/aromatic N) is 3. The van der Waals surface area contributed by atoms with Gasteiger partial charge in [-0.2, -0.15) is 0 Å². The third-order valence-electron chi connectivity index (χ3n) is 4.44. The minimum atomic E-state index is -0.468. The smallest absolute Gasteiger partial charge is 0.289 e. The lowest BCUT2D eigenvalue weighted by Gasteiger charge is -2.36. The van der Waals surface area contributed by atoms with Gasteiger partial charge in [0.05, 0.1) is 9.95 Å². The molecule has 2 atom stereocenters. The second kappa shape index (κ2) is 6.15. The molecule has 2 unspecified atom stereocenters. The van der Waals surface area contributed by atoms with Crippen molar-refractivity contribution in [2.45, 2.75) is 31.7 Å². The Balaban J connectivity index is 1.75. The molecule has 0 bridgehead atoms. The molecule has 2 aliphatic heterocycles. The average Bonchev–Trinajstić information content (AvgIpc) is 3.01. The Morgan fingerprint density at radius 2 is 2.29 bits per heavy atom. The van der Waals surface area contributed by atoms with E-state index >= 15 is 0 Å². The van der Waals surface area contributed by atoms with Crippen molar-refractivity contribution >= 4 is 23.1 Å². The highest BCUT2D eigenvalue weighted by Crippen LogP contribution is 2.32. The third-order valence-corrected chi connectivity index (χ3v) is 4.72. The molecule has 21 heavy (non-hydrogen) atoms. The number of aromatic nitrogens is 1. The highest BCUT2D eigenvalue weighted by molar-refractivity contribution is 6.33. The molecule has 2 saturated heterocycles. The summed E-state index contributed by atoms with van der Waals surface area (Å²) in [5.41, 5.74) is -0.0604. The summed E-state index contributed by atoms with van der Waals surface area (Å²) in [5, 5.41) is 14.7. The first-order chi connectivity index (χ1) is 10.1. The van der Waals surface area contributed by atoms with Crippen LogP contribution in [-0.2, 0) is 0 Å². The molecule has 114 valence electrons. The Morgan fingerprint density at radius 3 is 2.95 bits per heavy atom. The summed E-state index contributed by atoms with van der Waals surface area (Å²) in [4.78, 5) is 16.7. The molecular weight excluding hydrogens is 292 g/mol. The molecule has 2 aliphatic rings. The van der Waals surface area contributed by atoms with E-state index in [9.17, 15) is 10.1 Å². The Labute approximate surface area is 128 Å². The van der Waals surface area contributed by atoms with E-state index in [4.69, 9.17) is 11.6 Å². The summed E-state index contributed by atoms with van der Waals surface area (Å²) >= 11 is 6.19. The molecule has 1 aromatic heterocycles. The number of piperidine rings is 1. The van der Waals surface area contributed by atoms with E-state index in [1.165, 1.54) is 31.5 Å². The highest BCUT2D eigenvalue weighted by atomic mass is 35.5. The van der Waals surface area contributed by atoms with Crippen LogP contribution in [-0.4, -0.2) is 35.6 Å². The van der Waals surface area contributed by atoms with Gasteiger partial charge in [-0.3, -0.25) is 10.1 Å². The number of hydrogen-bond acceptors (Lipinski definition) is 5. The molecule has 0 amide bonds. The van der Waals surface area contributed by atoms with Crippen molar-refractivity contribution in [3.8, 4) is 0 Å². The lowest BCUT2D eigenvalue weighted by Crippen LogP contribution is -2.43. The predicted octanol–water partition coefficient (Wildman–Crippen LogP) is 2.61. The Kier molecular flexibility index (Phi) is 4.26. The van der Waals surface area contributed by atoms with Crippen molar-refractivity contribution in [2.75, 3.05) is 24.5 Å². The summed E-state index contributed by atoms with van der Waals surface area (Å²) in [6, 6.07) is 1.98. The molecule has 1 N–H and O–H groups in total. The number of pyridine rings is 1. The Hall–Kier alpha value is -1.40. The van der Waals surface area contributed by atoms with Gasteiger partial charge >= 0.3 is 0 Å². The van der Waals surface area contributed by atoms with Gasteiger partial charge in [-0.25, -0.2) is 4.98 Å². The maximum atomic E-state index is 10.8. The molecule has 1 aromatic rings. The van der Waals surface area contributed by atoms with Crippen molar-refractivity contribution < 1.29 is 4.92 Å². The Bertz CT molecular complexity index is 534. The summed E-state index contributed by atoms with van der Waals surface area (Å²) < 4.78 is 0. The van der Waals surface area contributed by atoms with Gasteiger partial charge in [0, 0.05) is 25.2 Å². The van der Waals surface area contributed by atoms with Crippen LogP contribution >= 0.6 is 11.6 Å². The van der Waals surface area contributed by atoms with Crippen LogP contribution in [0.2, 0.25) is 5.02 Å². The molecule has 3 heterocycles. The molecule has 0 aliphatic carbocycles. The number of hydrogen-bond donors (Lipinski definition) is 1. The zero-order valence-electron chi connectivity index (χ0n) is 11.8. The fraction of sp³-hybridized carbons (Fsp3) is 0.643. The zero-order chi connectivity index (χ0) is 14.8. The highest BCUT2D eigenvalue weighted by Gasteiger charge is 2.30. The van der Waals surface area contributed by atoms with Crippen LogP contribution in [0.5, 0.6) is 0 Å². The van der Waals surface area contributed by atoms with E-state index in [0.29, 0.717) is 22.8 Å². The van der Waals surface area contributed by atoms with Crippen LogP contribution in [0.3, 0.4) is 0 Å². The standard InChI is InChI=1S/C14H19ClN4O2/c15-12-7-11(19(20)21)8-17-14(12)18-6-2-3-10(9-18)13-4-1-5-16-13/h7-8,10,13,16H,1-6,9H2. The maximum absolute atomic E-state index is 10.8. The number of halogens is 1. The van der Waals surface area contributed by atoms with E-state index in [1.54, 1.807) is 0 Å². The van der Waals surface area contributed by atoms with Gasteiger partial charge < -0.3 is 10.2 Å². The maximum Gasteiger partial charge on any atom is 0.289 e. The molecule has 0 radical (unpaired) electrons. The Morgan fingerprint density at radius 1 is 1.43 bits per heavy atom. The molecule has 6 nitrogen and oxygen atoms in total. The van der Waals surface area contributed by atoms with E-state index < -0.39 is 4.92 Å². The normalized spacial score (nSPS) is 26.0. The SMILES string of the molecule is O=[N+]([O-])c1cnc(N2CCCC(C3CCCN3)C2)c(Cl)c1. The number of nitro groups is 1. The second-order valence-electron chi connectivity index (χ2n) is 5.81. The van der Waals surface area contributed by atoms with E-state index in [0.717, 1.165) is 26.1 Å². The van der Waals surface area contributed by atoms with Crippen molar-refractivity contribution in [3.63, 3.8) is 0 Å². The largest absolute Gasteiger partial charge is 0.355 e. The van der Waals surface area contributed by atoms with Crippen molar-refractivity contribution in [1.82, 2.24) is 10.3 Å². The minimum Gasteiger partial charge on any atom is -0.355 e. The monoisotopic (exact) mass is 310 g/mol. The van der Waals surface area contributed by atoms with Gasteiger partial charge in [0.2, 0.25) is 0 Å². The van der Waals surface area contributed by atoms with Crippen molar-refractivity contribution in [1.29, 1.82) is 0 Å².